The molecule has 0 spiro atoms. The van der Waals surface area contributed by atoms with E-state index >= 15 is 0 Å². The van der Waals surface area contributed by atoms with E-state index in [9.17, 15) is 9.59 Å². The molecule has 4 rings (SSSR count). The Balaban J connectivity index is 1.90. The number of amides is 1. The van der Waals surface area contributed by atoms with E-state index in [1.54, 1.807) is 35.8 Å². The number of esters is 1. The van der Waals surface area contributed by atoms with Gasteiger partial charge in [-0.25, -0.2) is 0 Å². The van der Waals surface area contributed by atoms with E-state index in [-0.39, 0.29) is 18.4 Å². The number of halogens is 1. The Labute approximate surface area is 179 Å². The maximum atomic E-state index is 12.7. The third-order valence-electron chi connectivity index (χ3n) is 4.45. The van der Waals surface area contributed by atoms with Gasteiger partial charge in [0.05, 0.1) is 16.8 Å². The first-order valence-corrected chi connectivity index (χ1v) is 10.7. The van der Waals surface area contributed by atoms with Crippen LogP contribution in [0.2, 0.25) is 0 Å². The molecule has 0 aliphatic rings. The molecule has 0 saturated heterocycles. The van der Waals surface area contributed by atoms with Crippen molar-refractivity contribution in [3.8, 4) is 0 Å². The van der Waals surface area contributed by atoms with Gasteiger partial charge in [0.15, 0.2) is 4.80 Å². The standard InChI is InChI=1S/C22H17BrN2O3S/c1-2-28-19(26)13-25-18-12-9-14-5-3-4-6-17(14)20(18)29-22(25)24-21(27)15-7-10-16(23)11-8-15/h3-12H,2,13H2,1H3. The van der Waals surface area contributed by atoms with Gasteiger partial charge in [-0.05, 0) is 42.6 Å². The molecular formula is C22H17BrN2O3S. The van der Waals surface area contributed by atoms with E-state index in [0.717, 1.165) is 25.5 Å². The van der Waals surface area contributed by atoms with Crippen molar-refractivity contribution in [2.24, 2.45) is 4.99 Å². The summed E-state index contributed by atoms with van der Waals surface area (Å²) in [6, 6.07) is 19.0. The molecule has 5 nitrogen and oxygen atoms in total. The predicted octanol–water partition coefficient (Wildman–Crippen LogP) is 4.92. The molecule has 0 atom stereocenters. The van der Waals surface area contributed by atoms with Gasteiger partial charge in [0.1, 0.15) is 6.54 Å². The van der Waals surface area contributed by atoms with Gasteiger partial charge in [0, 0.05) is 15.4 Å². The van der Waals surface area contributed by atoms with Gasteiger partial charge in [-0.2, -0.15) is 4.99 Å². The molecule has 0 aliphatic heterocycles. The maximum Gasteiger partial charge on any atom is 0.326 e. The fourth-order valence-corrected chi connectivity index (χ4v) is 4.54. The first kappa shape index (κ1) is 19.5. The summed E-state index contributed by atoms with van der Waals surface area (Å²) in [5.74, 6) is -0.719. The normalized spacial score (nSPS) is 11.9. The lowest BCUT2D eigenvalue weighted by Crippen LogP contribution is -2.23. The number of thiazole rings is 1. The molecule has 0 radical (unpaired) electrons. The summed E-state index contributed by atoms with van der Waals surface area (Å²) in [6.07, 6.45) is 0. The van der Waals surface area contributed by atoms with Gasteiger partial charge in [0.2, 0.25) is 0 Å². The number of nitrogens with zero attached hydrogens (tertiary/aromatic N) is 2. The quantitative estimate of drug-likeness (QED) is 0.399. The minimum absolute atomic E-state index is 0.00136. The number of fused-ring (bicyclic) bond motifs is 3. The number of hydrogen-bond acceptors (Lipinski definition) is 4. The summed E-state index contributed by atoms with van der Waals surface area (Å²) in [4.78, 5) is 29.7. The van der Waals surface area contributed by atoms with Crippen LogP contribution in [0.25, 0.3) is 21.0 Å². The van der Waals surface area contributed by atoms with Gasteiger partial charge < -0.3 is 9.30 Å². The zero-order valence-corrected chi connectivity index (χ0v) is 18.0. The molecule has 0 fully saturated rings. The molecule has 1 aromatic heterocycles. The fraction of sp³-hybridized carbons (Fsp3) is 0.136. The molecule has 0 bridgehead atoms. The van der Waals surface area contributed by atoms with E-state index < -0.39 is 0 Å². The number of rotatable bonds is 4. The second-order valence-electron chi connectivity index (χ2n) is 6.33. The van der Waals surface area contributed by atoms with Gasteiger partial charge in [-0.15, -0.1) is 0 Å². The van der Waals surface area contributed by atoms with Crippen LogP contribution < -0.4 is 4.80 Å². The van der Waals surface area contributed by atoms with E-state index in [0.29, 0.717) is 17.0 Å². The molecule has 3 aromatic carbocycles. The van der Waals surface area contributed by atoms with Crippen LogP contribution in [0.4, 0.5) is 0 Å². The lowest BCUT2D eigenvalue weighted by atomic mass is 10.1. The van der Waals surface area contributed by atoms with Crippen molar-refractivity contribution in [1.82, 2.24) is 4.57 Å². The molecule has 29 heavy (non-hydrogen) atoms. The van der Waals surface area contributed by atoms with Crippen LogP contribution in [0, 0.1) is 0 Å². The Morgan fingerprint density at radius 3 is 2.59 bits per heavy atom. The highest BCUT2D eigenvalue weighted by molar-refractivity contribution is 9.10. The van der Waals surface area contributed by atoms with E-state index in [1.807, 2.05) is 36.4 Å². The van der Waals surface area contributed by atoms with E-state index in [2.05, 4.69) is 20.9 Å². The van der Waals surface area contributed by atoms with Gasteiger partial charge >= 0.3 is 5.97 Å². The molecule has 7 heteroatoms. The van der Waals surface area contributed by atoms with Crippen LogP contribution in [0.15, 0.2) is 70.1 Å². The molecular weight excluding hydrogens is 452 g/mol. The number of benzene rings is 3. The van der Waals surface area contributed by atoms with Crippen LogP contribution in [0.5, 0.6) is 0 Å². The van der Waals surface area contributed by atoms with Crippen molar-refractivity contribution in [3.05, 3.63) is 75.5 Å². The molecule has 4 aromatic rings. The Morgan fingerprint density at radius 2 is 1.83 bits per heavy atom. The average Bonchev–Trinajstić information content (AvgIpc) is 3.06. The number of ether oxygens (including phenoxy) is 1. The fourth-order valence-electron chi connectivity index (χ4n) is 3.12. The minimum atomic E-state index is -0.363. The van der Waals surface area contributed by atoms with Crippen molar-refractivity contribution in [1.29, 1.82) is 0 Å². The van der Waals surface area contributed by atoms with E-state index in [4.69, 9.17) is 4.74 Å². The molecule has 0 N–H and O–H groups in total. The lowest BCUT2D eigenvalue weighted by Gasteiger charge is -2.06. The Bertz CT molecular complexity index is 1290. The average molecular weight is 469 g/mol. The van der Waals surface area contributed by atoms with E-state index in [1.165, 1.54) is 11.3 Å². The second kappa shape index (κ2) is 8.31. The van der Waals surface area contributed by atoms with Crippen LogP contribution in [-0.4, -0.2) is 23.1 Å². The lowest BCUT2D eigenvalue weighted by molar-refractivity contribution is -0.143. The summed E-state index contributed by atoms with van der Waals surface area (Å²) in [5.41, 5.74) is 1.34. The molecule has 0 unspecified atom stereocenters. The molecule has 0 aliphatic carbocycles. The summed E-state index contributed by atoms with van der Waals surface area (Å²) in [6.45, 7) is 2.07. The third-order valence-corrected chi connectivity index (χ3v) is 6.11. The zero-order chi connectivity index (χ0) is 20.4. The van der Waals surface area contributed by atoms with Crippen molar-refractivity contribution in [2.75, 3.05) is 6.61 Å². The molecule has 0 saturated carbocycles. The highest BCUT2D eigenvalue weighted by Crippen LogP contribution is 2.27. The Morgan fingerprint density at radius 1 is 1.07 bits per heavy atom. The van der Waals surface area contributed by atoms with Crippen molar-refractivity contribution in [3.63, 3.8) is 0 Å². The molecule has 146 valence electrons. The van der Waals surface area contributed by atoms with Gasteiger partial charge in [0.25, 0.3) is 5.91 Å². The van der Waals surface area contributed by atoms with Gasteiger partial charge in [-0.1, -0.05) is 57.6 Å². The smallest absolute Gasteiger partial charge is 0.326 e. The van der Waals surface area contributed by atoms with Crippen LogP contribution in [0.1, 0.15) is 17.3 Å². The van der Waals surface area contributed by atoms with Crippen molar-refractivity contribution >= 4 is 60.1 Å². The minimum Gasteiger partial charge on any atom is -0.465 e. The summed E-state index contributed by atoms with van der Waals surface area (Å²) in [5, 5.41) is 2.15. The number of aromatic nitrogens is 1. The molecule has 1 amide bonds. The first-order valence-electron chi connectivity index (χ1n) is 9.08. The van der Waals surface area contributed by atoms with Crippen LogP contribution in [0.3, 0.4) is 0 Å². The van der Waals surface area contributed by atoms with Crippen molar-refractivity contribution < 1.29 is 14.3 Å². The predicted molar refractivity (Wildman–Crippen MR) is 118 cm³/mol. The maximum absolute atomic E-state index is 12.7. The topological polar surface area (TPSA) is 60.7 Å². The summed E-state index contributed by atoms with van der Waals surface area (Å²) in [7, 11) is 0. The molecule has 1 heterocycles. The Hall–Kier alpha value is -2.77. The summed E-state index contributed by atoms with van der Waals surface area (Å²) < 4.78 is 8.74. The van der Waals surface area contributed by atoms with Crippen LogP contribution in [-0.2, 0) is 16.1 Å². The van der Waals surface area contributed by atoms with Crippen LogP contribution >= 0.6 is 27.3 Å². The highest BCUT2D eigenvalue weighted by atomic mass is 79.9. The Kier molecular flexibility index (Phi) is 5.60. The SMILES string of the molecule is CCOC(=O)Cn1c(=NC(=O)c2ccc(Br)cc2)sc2c3ccccc3ccc21. The largest absolute Gasteiger partial charge is 0.465 e. The second-order valence-corrected chi connectivity index (χ2v) is 8.23. The number of hydrogen-bond donors (Lipinski definition) is 0. The third kappa shape index (κ3) is 4.02. The van der Waals surface area contributed by atoms with Gasteiger partial charge in [-0.3, -0.25) is 9.59 Å². The van der Waals surface area contributed by atoms with Crippen molar-refractivity contribution in [2.45, 2.75) is 13.5 Å². The zero-order valence-electron chi connectivity index (χ0n) is 15.6. The number of carbonyl (C=O) groups excluding carboxylic acids is 2. The highest BCUT2D eigenvalue weighted by Gasteiger charge is 2.14. The summed E-state index contributed by atoms with van der Waals surface area (Å²) >= 11 is 4.76. The first-order chi connectivity index (χ1) is 14.1. The monoisotopic (exact) mass is 468 g/mol. The number of carbonyl (C=O) groups is 2.